The average Bonchev–Trinajstić information content (AvgIpc) is 2.51. The van der Waals surface area contributed by atoms with Gasteiger partial charge in [-0.3, -0.25) is 4.68 Å². The van der Waals surface area contributed by atoms with Crippen molar-refractivity contribution < 1.29 is 4.39 Å². The average molecular weight is 368 g/mol. The molecule has 0 atom stereocenters. The minimum atomic E-state index is -0.411. The van der Waals surface area contributed by atoms with Gasteiger partial charge >= 0.3 is 0 Å². The molecule has 0 saturated heterocycles. The molecule has 0 spiro atoms. The number of halogens is 4. The van der Waals surface area contributed by atoms with Crippen LogP contribution in [0.15, 0.2) is 33.5 Å². The summed E-state index contributed by atoms with van der Waals surface area (Å²) in [4.78, 5) is 0. The number of aromatic nitrogens is 2. The van der Waals surface area contributed by atoms with Gasteiger partial charge in [-0.2, -0.15) is 5.10 Å². The van der Waals surface area contributed by atoms with Crippen molar-refractivity contribution >= 4 is 43.5 Å². The Hall–Kier alpha value is -0.390. The summed E-state index contributed by atoms with van der Waals surface area (Å²) in [6.45, 7) is 0.534. The first-order valence-corrected chi connectivity index (χ1v) is 6.35. The van der Waals surface area contributed by atoms with Crippen molar-refractivity contribution in [2.75, 3.05) is 0 Å². The first-order valence-electron chi connectivity index (χ1n) is 4.39. The smallest absolute Gasteiger partial charge is 0.141 e. The molecule has 1 aromatic heterocycles. The predicted molar refractivity (Wildman–Crippen MR) is 68.1 cm³/mol. The van der Waals surface area contributed by atoms with Crippen LogP contribution in [0, 0.1) is 5.82 Å². The summed E-state index contributed by atoms with van der Waals surface area (Å²) in [5.74, 6) is -0.411. The van der Waals surface area contributed by atoms with Crippen LogP contribution >= 0.6 is 43.5 Å². The molecule has 0 aliphatic carbocycles. The maximum Gasteiger partial charge on any atom is 0.141 e. The molecule has 16 heavy (non-hydrogen) atoms. The number of hydrogen-bond donors (Lipinski definition) is 0. The van der Waals surface area contributed by atoms with Gasteiger partial charge in [0.05, 0.1) is 11.6 Å². The van der Waals surface area contributed by atoms with Gasteiger partial charge in [-0.05, 0) is 49.6 Å². The zero-order chi connectivity index (χ0) is 11.7. The maximum absolute atomic E-state index is 12.9. The van der Waals surface area contributed by atoms with Gasteiger partial charge in [0.2, 0.25) is 0 Å². The van der Waals surface area contributed by atoms with E-state index in [9.17, 15) is 4.39 Å². The number of benzene rings is 1. The molecule has 6 heteroatoms. The Kier molecular flexibility index (Phi) is 3.66. The topological polar surface area (TPSA) is 17.8 Å². The molecule has 0 saturated carbocycles. The molecule has 0 unspecified atom stereocenters. The quantitative estimate of drug-likeness (QED) is 0.775. The maximum atomic E-state index is 12.9. The molecule has 0 N–H and O–H groups in total. The molecule has 0 amide bonds. The molecule has 1 heterocycles. The van der Waals surface area contributed by atoms with Crippen molar-refractivity contribution in [3.05, 3.63) is 49.9 Å². The van der Waals surface area contributed by atoms with E-state index in [1.807, 2.05) is 6.07 Å². The van der Waals surface area contributed by atoms with Crippen LogP contribution in [-0.2, 0) is 6.54 Å². The van der Waals surface area contributed by atoms with Gasteiger partial charge in [-0.1, -0.05) is 17.7 Å². The minimum Gasteiger partial charge on any atom is -0.253 e. The Bertz CT molecular complexity index is 528. The van der Waals surface area contributed by atoms with Gasteiger partial charge in [-0.25, -0.2) is 4.39 Å². The summed E-state index contributed by atoms with van der Waals surface area (Å²) in [6, 6.07) is 6.47. The molecule has 2 aromatic rings. The van der Waals surface area contributed by atoms with E-state index in [0.29, 0.717) is 6.54 Å². The highest BCUT2D eigenvalue weighted by Gasteiger charge is 2.06. The fourth-order valence-corrected chi connectivity index (χ4v) is 2.63. The van der Waals surface area contributed by atoms with Crippen LogP contribution in [0.3, 0.4) is 0 Å². The summed E-state index contributed by atoms with van der Waals surface area (Å²) < 4.78 is 16.3. The van der Waals surface area contributed by atoms with Crippen molar-refractivity contribution in [1.82, 2.24) is 9.78 Å². The van der Waals surface area contributed by atoms with Crippen molar-refractivity contribution in [2.24, 2.45) is 0 Å². The largest absolute Gasteiger partial charge is 0.253 e. The zero-order valence-electron chi connectivity index (χ0n) is 7.92. The summed E-state index contributed by atoms with van der Waals surface area (Å²) in [5.41, 5.74) is 0.891. The lowest BCUT2D eigenvalue weighted by atomic mass is 10.2. The molecule has 2 nitrogen and oxygen atoms in total. The molecule has 0 fully saturated rings. The molecule has 1 aromatic carbocycles. The lowest BCUT2D eigenvalue weighted by molar-refractivity contribution is 0.623. The summed E-state index contributed by atoms with van der Waals surface area (Å²) in [7, 11) is 0. The van der Waals surface area contributed by atoms with Gasteiger partial charge in [-0.15, -0.1) is 0 Å². The molecule has 84 valence electrons. The first-order chi connectivity index (χ1) is 7.56. The van der Waals surface area contributed by atoms with Crippen molar-refractivity contribution in [2.45, 2.75) is 6.54 Å². The molecule has 0 radical (unpaired) electrons. The molecule has 0 bridgehead atoms. The second-order valence-electron chi connectivity index (χ2n) is 3.20. The Balaban J connectivity index is 2.27. The van der Waals surface area contributed by atoms with Crippen LogP contribution in [0.4, 0.5) is 4.39 Å². The van der Waals surface area contributed by atoms with Gasteiger partial charge in [0, 0.05) is 6.07 Å². The summed E-state index contributed by atoms with van der Waals surface area (Å²) in [5, 5.41) is 4.33. The van der Waals surface area contributed by atoms with E-state index in [1.165, 1.54) is 6.07 Å². The monoisotopic (exact) mass is 366 g/mol. The van der Waals surface area contributed by atoms with E-state index >= 15 is 0 Å². The van der Waals surface area contributed by atoms with E-state index < -0.39 is 5.82 Å². The number of rotatable bonds is 2. The molecule has 0 aliphatic rings. The lowest BCUT2D eigenvalue weighted by Crippen LogP contribution is -2.02. The highest BCUT2D eigenvalue weighted by Crippen LogP contribution is 2.20. The standard InChI is InChI=1S/C10H6Br2ClFN2/c11-9-4-10(12)16(15-9)5-6-1-2-8(14)7(13)3-6/h1-4H,5H2. The Morgan fingerprint density at radius 3 is 2.62 bits per heavy atom. The van der Waals surface area contributed by atoms with E-state index in [0.717, 1.165) is 14.8 Å². The number of hydrogen-bond acceptors (Lipinski definition) is 1. The van der Waals surface area contributed by atoms with Crippen LogP contribution in [0.1, 0.15) is 5.56 Å². The highest BCUT2D eigenvalue weighted by molar-refractivity contribution is 9.11. The molecule has 0 aliphatic heterocycles. The van der Waals surface area contributed by atoms with Crippen molar-refractivity contribution in [3.63, 3.8) is 0 Å². The molecular weight excluding hydrogens is 362 g/mol. The minimum absolute atomic E-state index is 0.125. The fourth-order valence-electron chi connectivity index (χ4n) is 1.29. The second kappa shape index (κ2) is 4.85. The van der Waals surface area contributed by atoms with Gasteiger partial charge in [0.15, 0.2) is 0 Å². The van der Waals surface area contributed by atoms with Gasteiger partial charge < -0.3 is 0 Å². The van der Waals surface area contributed by atoms with Crippen LogP contribution in [0.2, 0.25) is 5.02 Å². The summed E-state index contributed by atoms with van der Waals surface area (Å²) >= 11 is 12.3. The van der Waals surface area contributed by atoms with Crippen molar-refractivity contribution in [3.8, 4) is 0 Å². The third kappa shape index (κ3) is 2.64. The first kappa shape index (κ1) is 12.1. The zero-order valence-corrected chi connectivity index (χ0v) is 11.9. The third-order valence-electron chi connectivity index (χ3n) is 2.02. The summed E-state index contributed by atoms with van der Waals surface area (Å²) in [6.07, 6.45) is 0. The predicted octanol–water partition coefficient (Wildman–Crippen LogP) is 4.25. The third-order valence-corrected chi connectivity index (χ3v) is 3.33. The SMILES string of the molecule is Fc1ccc(Cn2nc(Br)cc2Br)cc1Cl. The Morgan fingerprint density at radius 2 is 2.06 bits per heavy atom. The van der Waals surface area contributed by atoms with Crippen molar-refractivity contribution in [1.29, 1.82) is 0 Å². The number of nitrogens with zero attached hydrogens (tertiary/aromatic N) is 2. The second-order valence-corrected chi connectivity index (χ2v) is 5.23. The van der Waals surface area contributed by atoms with Crippen LogP contribution in [0.5, 0.6) is 0 Å². The fraction of sp³-hybridized carbons (Fsp3) is 0.100. The van der Waals surface area contributed by atoms with Gasteiger partial charge in [0.25, 0.3) is 0 Å². The molecule has 2 rings (SSSR count). The highest BCUT2D eigenvalue weighted by atomic mass is 79.9. The van der Waals surface area contributed by atoms with Crippen LogP contribution in [-0.4, -0.2) is 9.78 Å². The normalized spacial score (nSPS) is 10.8. The van der Waals surface area contributed by atoms with E-state index in [2.05, 4.69) is 37.0 Å². The Labute approximate surface area is 114 Å². The van der Waals surface area contributed by atoms with Crippen LogP contribution in [0.25, 0.3) is 0 Å². The van der Waals surface area contributed by atoms with Gasteiger partial charge in [0.1, 0.15) is 15.0 Å². The lowest BCUT2D eigenvalue weighted by Gasteiger charge is -2.04. The van der Waals surface area contributed by atoms with E-state index in [4.69, 9.17) is 11.6 Å². The van der Waals surface area contributed by atoms with Crippen LogP contribution < -0.4 is 0 Å². The molecular formula is C10H6Br2ClFN2. The Morgan fingerprint density at radius 1 is 1.31 bits per heavy atom. The van der Waals surface area contributed by atoms with E-state index in [-0.39, 0.29) is 5.02 Å². The van der Waals surface area contributed by atoms with E-state index in [1.54, 1.807) is 16.8 Å².